The molecule has 2 aliphatic carbocycles. The molecule has 1 saturated heterocycles. The molecule has 1 aliphatic heterocycles. The Morgan fingerprint density at radius 1 is 1.50 bits per heavy atom. The molecule has 2 bridgehead atoms. The van der Waals surface area contributed by atoms with E-state index in [0.717, 1.165) is 24.6 Å². The van der Waals surface area contributed by atoms with Crippen LogP contribution in [0.5, 0.6) is 0 Å². The van der Waals surface area contributed by atoms with E-state index in [1.54, 1.807) is 0 Å². The van der Waals surface area contributed by atoms with Crippen LogP contribution < -0.4 is 5.32 Å². The van der Waals surface area contributed by atoms with E-state index in [0.29, 0.717) is 17.0 Å². The van der Waals surface area contributed by atoms with E-state index in [1.165, 1.54) is 13.3 Å². The third kappa shape index (κ3) is 2.69. The lowest BCUT2D eigenvalue weighted by molar-refractivity contribution is -0.148. The van der Waals surface area contributed by atoms with E-state index in [-0.39, 0.29) is 6.04 Å². The first kappa shape index (κ1) is 14.2. The fourth-order valence-corrected chi connectivity index (χ4v) is 4.45. The quantitative estimate of drug-likeness (QED) is 0.852. The second kappa shape index (κ2) is 4.64. The van der Waals surface area contributed by atoms with E-state index in [9.17, 15) is 18.0 Å². The number of hydrogen-bond acceptors (Lipinski definition) is 3. The summed E-state index contributed by atoms with van der Waals surface area (Å²) in [5.41, 5.74) is 0. The van der Waals surface area contributed by atoms with Gasteiger partial charge in [0.05, 0.1) is 12.5 Å². The molecule has 0 aromatic carbocycles. The maximum absolute atomic E-state index is 12.5. The Labute approximate surface area is 119 Å². The molecule has 0 aromatic rings. The first-order chi connectivity index (χ1) is 9.25. The van der Waals surface area contributed by atoms with E-state index in [4.69, 9.17) is 0 Å². The Balaban J connectivity index is 1.70. The molecule has 0 aromatic heterocycles. The fourth-order valence-electron chi connectivity index (χ4n) is 3.33. The average molecular weight is 305 g/mol. The summed E-state index contributed by atoms with van der Waals surface area (Å²) in [6, 6.07) is 0.0600. The summed E-state index contributed by atoms with van der Waals surface area (Å²) in [6.45, 7) is 1.33. The number of thioether (sulfide) groups is 1. The van der Waals surface area contributed by atoms with E-state index >= 15 is 0 Å². The lowest BCUT2D eigenvalue weighted by atomic mass is 9.96. The number of rotatable bonds is 2. The number of aliphatic imine (C=N–C) groups is 1. The average Bonchev–Trinajstić information content (AvgIpc) is 2.92. The third-order valence-corrected chi connectivity index (χ3v) is 5.47. The van der Waals surface area contributed by atoms with Gasteiger partial charge in [0.25, 0.3) is 0 Å². The maximum Gasteiger partial charge on any atom is 0.390 e. The van der Waals surface area contributed by atoms with Gasteiger partial charge in [0, 0.05) is 0 Å². The number of amides is 1. The van der Waals surface area contributed by atoms with Crippen LogP contribution >= 0.6 is 11.8 Å². The second-order valence-electron chi connectivity index (χ2n) is 6.03. The van der Waals surface area contributed by atoms with Crippen molar-refractivity contribution in [3.05, 3.63) is 6.42 Å². The summed E-state index contributed by atoms with van der Waals surface area (Å²) in [7, 11) is 0. The molecule has 4 atom stereocenters. The highest BCUT2D eigenvalue weighted by molar-refractivity contribution is 8.16. The van der Waals surface area contributed by atoms with Gasteiger partial charge in [-0.3, -0.25) is 9.79 Å². The van der Waals surface area contributed by atoms with Gasteiger partial charge in [0.15, 0.2) is 5.17 Å². The highest BCUT2D eigenvalue weighted by atomic mass is 32.2. The van der Waals surface area contributed by atoms with Crippen LogP contribution in [-0.4, -0.2) is 28.0 Å². The minimum atomic E-state index is -4.35. The van der Waals surface area contributed by atoms with Gasteiger partial charge in [-0.2, -0.15) is 13.2 Å². The molecule has 2 saturated carbocycles. The van der Waals surface area contributed by atoms with Gasteiger partial charge in [0.1, 0.15) is 4.75 Å². The van der Waals surface area contributed by atoms with Gasteiger partial charge in [-0.15, -0.1) is 0 Å². The number of nitrogens with one attached hydrogen (secondary N) is 1. The molecule has 7 heteroatoms. The van der Waals surface area contributed by atoms with Crippen LogP contribution in [0, 0.1) is 18.3 Å². The second-order valence-corrected chi connectivity index (χ2v) is 7.52. The third-order valence-electron chi connectivity index (χ3n) is 4.29. The molecule has 111 valence electrons. The zero-order chi connectivity index (χ0) is 14.5. The number of carbonyl (C=O) groups is 1. The van der Waals surface area contributed by atoms with Crippen molar-refractivity contribution in [2.24, 2.45) is 16.8 Å². The van der Waals surface area contributed by atoms with Crippen LogP contribution in [0.25, 0.3) is 0 Å². The fraction of sp³-hybridized carbons (Fsp3) is 0.769. The Morgan fingerprint density at radius 3 is 2.80 bits per heavy atom. The SMILES string of the molecule is CC1(CC(F)(F)F)SC(=N[C@H]2[CH][C@@H]3CC[C@H]2C3)NC1=O. The minimum Gasteiger partial charge on any atom is -0.304 e. The van der Waals surface area contributed by atoms with Crippen LogP contribution in [0.15, 0.2) is 4.99 Å². The van der Waals surface area contributed by atoms with Crippen molar-refractivity contribution < 1.29 is 18.0 Å². The Morgan fingerprint density at radius 2 is 2.25 bits per heavy atom. The van der Waals surface area contributed by atoms with Gasteiger partial charge in [0.2, 0.25) is 5.91 Å². The number of nitrogens with zero attached hydrogens (tertiary/aromatic N) is 1. The first-order valence-corrected chi connectivity index (χ1v) is 7.57. The highest BCUT2D eigenvalue weighted by Gasteiger charge is 2.50. The number of carbonyl (C=O) groups excluding carboxylic acids is 1. The molecule has 3 nitrogen and oxygen atoms in total. The molecule has 1 amide bonds. The standard InChI is InChI=1S/C13H16F3N2OS/c1-12(6-13(14,15)16)10(19)18-11(20-12)17-9-5-7-2-3-8(9)4-7/h5,7-9H,2-4,6H2,1H3,(H,17,18,19)/t7-,8+,9+,12?/m1/s1. The molecular formula is C13H16F3N2OS. The van der Waals surface area contributed by atoms with E-state index < -0.39 is 23.3 Å². The molecule has 1 heterocycles. The lowest BCUT2D eigenvalue weighted by Crippen LogP contribution is -2.37. The molecule has 0 spiro atoms. The van der Waals surface area contributed by atoms with Gasteiger partial charge >= 0.3 is 6.18 Å². The van der Waals surface area contributed by atoms with Crippen molar-refractivity contribution in [2.45, 2.75) is 49.6 Å². The van der Waals surface area contributed by atoms with Crippen LogP contribution in [0.4, 0.5) is 13.2 Å². The number of alkyl halides is 3. The van der Waals surface area contributed by atoms with Crippen molar-refractivity contribution in [3.63, 3.8) is 0 Å². The Hall–Kier alpha value is -0.720. The van der Waals surface area contributed by atoms with Crippen LogP contribution in [0.2, 0.25) is 0 Å². The van der Waals surface area contributed by atoms with Crippen molar-refractivity contribution in [2.75, 3.05) is 0 Å². The molecule has 1 N–H and O–H groups in total. The van der Waals surface area contributed by atoms with Crippen molar-refractivity contribution in [3.8, 4) is 0 Å². The predicted octanol–water partition coefficient (Wildman–Crippen LogP) is 2.92. The highest BCUT2D eigenvalue weighted by Crippen LogP contribution is 2.46. The number of hydrogen-bond donors (Lipinski definition) is 1. The van der Waals surface area contributed by atoms with Crippen molar-refractivity contribution in [1.29, 1.82) is 0 Å². The zero-order valence-corrected chi connectivity index (χ0v) is 11.9. The molecular weight excluding hydrogens is 289 g/mol. The predicted molar refractivity (Wildman–Crippen MR) is 71.2 cm³/mol. The topological polar surface area (TPSA) is 41.5 Å². The largest absolute Gasteiger partial charge is 0.390 e. The van der Waals surface area contributed by atoms with Crippen molar-refractivity contribution >= 4 is 22.8 Å². The van der Waals surface area contributed by atoms with E-state index in [1.807, 2.05) is 0 Å². The molecule has 20 heavy (non-hydrogen) atoms. The summed E-state index contributed by atoms with van der Waals surface area (Å²) >= 11 is 0.912. The Bertz CT molecular complexity index is 465. The van der Waals surface area contributed by atoms with Crippen LogP contribution in [-0.2, 0) is 4.79 Å². The van der Waals surface area contributed by atoms with Gasteiger partial charge in [-0.25, -0.2) is 0 Å². The zero-order valence-electron chi connectivity index (χ0n) is 11.0. The maximum atomic E-state index is 12.5. The smallest absolute Gasteiger partial charge is 0.304 e. The Kier molecular flexibility index (Phi) is 3.30. The number of halogens is 3. The molecule has 1 radical (unpaired) electrons. The summed E-state index contributed by atoms with van der Waals surface area (Å²) < 4.78 is 36.1. The minimum absolute atomic E-state index is 0.0600. The molecule has 3 rings (SSSR count). The molecule has 3 aliphatic rings. The summed E-state index contributed by atoms with van der Waals surface area (Å²) in [5, 5.41) is 2.85. The summed E-state index contributed by atoms with van der Waals surface area (Å²) in [4.78, 5) is 16.3. The monoisotopic (exact) mass is 305 g/mol. The van der Waals surface area contributed by atoms with E-state index in [2.05, 4.69) is 16.7 Å². The van der Waals surface area contributed by atoms with Crippen LogP contribution in [0.1, 0.15) is 32.6 Å². The van der Waals surface area contributed by atoms with Crippen molar-refractivity contribution in [1.82, 2.24) is 5.32 Å². The number of fused-ring (bicyclic) bond motifs is 2. The van der Waals surface area contributed by atoms with Crippen LogP contribution in [0.3, 0.4) is 0 Å². The summed E-state index contributed by atoms with van der Waals surface area (Å²) in [5.74, 6) is 0.499. The lowest BCUT2D eigenvalue weighted by Gasteiger charge is -2.20. The van der Waals surface area contributed by atoms with Gasteiger partial charge < -0.3 is 5.32 Å². The number of amidine groups is 1. The summed E-state index contributed by atoms with van der Waals surface area (Å²) in [6.07, 6.45) is 0.134. The first-order valence-electron chi connectivity index (χ1n) is 6.75. The van der Waals surface area contributed by atoms with Gasteiger partial charge in [-0.05, 0) is 44.4 Å². The normalized spacial score (nSPS) is 42.5. The molecule has 1 unspecified atom stereocenters. The molecule has 3 fully saturated rings. The van der Waals surface area contributed by atoms with Gasteiger partial charge in [-0.1, -0.05) is 11.8 Å².